The number of amides is 1. The highest BCUT2D eigenvalue weighted by Gasteiger charge is 2.19. The summed E-state index contributed by atoms with van der Waals surface area (Å²) in [6, 6.07) is 22.7. The zero-order valence-electron chi connectivity index (χ0n) is 21.1. The number of carbonyl (C=O) groups is 1. The van der Waals surface area contributed by atoms with Crippen LogP contribution in [0.4, 0.5) is 5.69 Å². The van der Waals surface area contributed by atoms with Crippen molar-refractivity contribution in [1.82, 2.24) is 10.2 Å². The molecule has 190 valence electrons. The Morgan fingerprint density at radius 1 is 0.861 bits per heavy atom. The van der Waals surface area contributed by atoms with E-state index in [1.54, 1.807) is 24.3 Å². The molecule has 0 aliphatic carbocycles. The van der Waals surface area contributed by atoms with Crippen LogP contribution in [0.5, 0.6) is 0 Å². The first-order valence-corrected chi connectivity index (χ1v) is 14.4. The highest BCUT2D eigenvalue weighted by Crippen LogP contribution is 2.23. The van der Waals surface area contributed by atoms with Crippen LogP contribution in [0.1, 0.15) is 51.9 Å². The van der Waals surface area contributed by atoms with Gasteiger partial charge in [-0.25, -0.2) is 8.42 Å². The topological polar surface area (TPSA) is 69.7 Å². The second-order valence-corrected chi connectivity index (χ2v) is 11.4. The second-order valence-electron chi connectivity index (χ2n) is 9.53. The van der Waals surface area contributed by atoms with Crippen molar-refractivity contribution in [2.75, 3.05) is 23.7 Å². The molecule has 7 heteroatoms. The molecule has 6 nitrogen and oxygen atoms in total. The summed E-state index contributed by atoms with van der Waals surface area (Å²) in [5, 5.41) is 3.03. The van der Waals surface area contributed by atoms with Gasteiger partial charge in [0.2, 0.25) is 10.0 Å². The Morgan fingerprint density at radius 2 is 1.47 bits per heavy atom. The van der Waals surface area contributed by atoms with Gasteiger partial charge >= 0.3 is 0 Å². The molecule has 1 N–H and O–H groups in total. The predicted molar refractivity (Wildman–Crippen MR) is 145 cm³/mol. The highest BCUT2D eigenvalue weighted by atomic mass is 32.2. The number of sulfonamides is 1. The van der Waals surface area contributed by atoms with Crippen LogP contribution in [0.25, 0.3) is 0 Å². The van der Waals surface area contributed by atoms with E-state index in [4.69, 9.17) is 0 Å². The number of anilines is 1. The van der Waals surface area contributed by atoms with Gasteiger partial charge in [0.05, 0.1) is 18.5 Å². The Bertz CT molecular complexity index is 1280. The minimum atomic E-state index is -3.50. The van der Waals surface area contributed by atoms with E-state index in [2.05, 4.69) is 22.3 Å². The van der Waals surface area contributed by atoms with Crippen LogP contribution < -0.4 is 9.62 Å². The van der Waals surface area contributed by atoms with Gasteiger partial charge in [0.15, 0.2) is 0 Å². The molecule has 4 rings (SSSR count). The number of benzene rings is 3. The molecule has 0 radical (unpaired) electrons. The van der Waals surface area contributed by atoms with E-state index in [0.29, 0.717) is 17.8 Å². The average molecular weight is 506 g/mol. The minimum Gasteiger partial charge on any atom is -0.348 e. The summed E-state index contributed by atoms with van der Waals surface area (Å²) in [5.41, 5.74) is 5.36. The van der Waals surface area contributed by atoms with Gasteiger partial charge in [-0.3, -0.25) is 14.0 Å². The van der Waals surface area contributed by atoms with E-state index in [9.17, 15) is 13.2 Å². The number of likely N-dealkylation sites (tertiary alicyclic amines) is 1. The van der Waals surface area contributed by atoms with Gasteiger partial charge in [0.25, 0.3) is 5.91 Å². The summed E-state index contributed by atoms with van der Waals surface area (Å²) >= 11 is 0. The summed E-state index contributed by atoms with van der Waals surface area (Å²) < 4.78 is 26.5. The first-order valence-electron chi connectivity index (χ1n) is 12.5. The number of hydrogen-bond donors (Lipinski definition) is 1. The maximum Gasteiger partial charge on any atom is 0.251 e. The Balaban J connectivity index is 1.42. The fraction of sp³-hybridized carbons (Fsp3) is 0.345. The van der Waals surface area contributed by atoms with E-state index in [1.807, 2.05) is 43.3 Å². The van der Waals surface area contributed by atoms with Gasteiger partial charge in [-0.1, -0.05) is 55.0 Å². The van der Waals surface area contributed by atoms with Crippen LogP contribution in [-0.2, 0) is 29.7 Å². The molecule has 0 spiro atoms. The lowest BCUT2D eigenvalue weighted by molar-refractivity contribution is 0.0950. The highest BCUT2D eigenvalue weighted by molar-refractivity contribution is 7.92. The molecule has 0 unspecified atom stereocenters. The molecule has 1 heterocycles. The Morgan fingerprint density at radius 3 is 2.11 bits per heavy atom. The number of carbonyl (C=O) groups excluding carboxylic acids is 1. The molecule has 1 aliphatic rings. The average Bonchev–Trinajstić information content (AvgIpc) is 2.87. The third kappa shape index (κ3) is 6.74. The zero-order valence-corrected chi connectivity index (χ0v) is 21.9. The van der Waals surface area contributed by atoms with Crippen molar-refractivity contribution < 1.29 is 13.2 Å². The van der Waals surface area contributed by atoms with Crippen LogP contribution >= 0.6 is 0 Å². The Hall–Kier alpha value is -3.16. The van der Waals surface area contributed by atoms with Gasteiger partial charge in [0.1, 0.15) is 0 Å². The molecule has 1 saturated heterocycles. The fourth-order valence-corrected chi connectivity index (χ4v) is 5.52. The number of nitrogens with zero attached hydrogens (tertiary/aromatic N) is 2. The Kier molecular flexibility index (Phi) is 8.44. The van der Waals surface area contributed by atoms with Crippen molar-refractivity contribution in [2.24, 2.45) is 0 Å². The number of hydrogen-bond acceptors (Lipinski definition) is 4. The van der Waals surface area contributed by atoms with Crippen molar-refractivity contribution >= 4 is 21.6 Å². The van der Waals surface area contributed by atoms with Crippen LogP contribution in [0.2, 0.25) is 0 Å². The quantitative estimate of drug-likeness (QED) is 0.450. The third-order valence-electron chi connectivity index (χ3n) is 6.79. The van der Waals surface area contributed by atoms with Crippen molar-refractivity contribution in [3.8, 4) is 0 Å². The van der Waals surface area contributed by atoms with Gasteiger partial charge in [0, 0.05) is 18.7 Å². The summed E-state index contributed by atoms with van der Waals surface area (Å²) in [6.07, 6.45) is 5.00. The zero-order chi connectivity index (χ0) is 25.5. The fourth-order valence-electron chi connectivity index (χ4n) is 4.64. The van der Waals surface area contributed by atoms with E-state index in [0.717, 1.165) is 36.3 Å². The standard InChI is InChI=1S/C29H35N3O3S/c1-23-10-4-5-12-26(23)22-32(36(2,34)35)28-16-14-24(15-17-28)29(33)30-20-25-11-6-7-13-27(25)21-31-18-8-3-9-19-31/h4-7,10-17H,3,8-9,18-22H2,1-2H3,(H,30,33). The Labute approximate surface area is 215 Å². The molecule has 3 aromatic carbocycles. The number of piperidine rings is 1. The number of aryl methyl sites for hydroxylation is 1. The van der Waals surface area contributed by atoms with E-state index >= 15 is 0 Å². The van der Waals surface area contributed by atoms with Crippen molar-refractivity contribution in [3.63, 3.8) is 0 Å². The van der Waals surface area contributed by atoms with Crippen molar-refractivity contribution in [1.29, 1.82) is 0 Å². The summed E-state index contributed by atoms with van der Waals surface area (Å²) in [4.78, 5) is 15.4. The van der Waals surface area contributed by atoms with E-state index in [1.165, 1.54) is 35.4 Å². The van der Waals surface area contributed by atoms with Gasteiger partial charge < -0.3 is 5.32 Å². The molecule has 36 heavy (non-hydrogen) atoms. The van der Waals surface area contributed by atoms with Gasteiger partial charge in [-0.15, -0.1) is 0 Å². The molecular weight excluding hydrogens is 470 g/mol. The molecule has 1 fully saturated rings. The van der Waals surface area contributed by atoms with Crippen molar-refractivity contribution in [3.05, 3.63) is 101 Å². The maximum absolute atomic E-state index is 12.9. The summed E-state index contributed by atoms with van der Waals surface area (Å²) in [5.74, 6) is -0.181. The van der Waals surface area contributed by atoms with Crippen LogP contribution in [0, 0.1) is 6.92 Å². The summed E-state index contributed by atoms with van der Waals surface area (Å²) in [7, 11) is -3.50. The number of nitrogens with one attached hydrogen (secondary N) is 1. The SMILES string of the molecule is Cc1ccccc1CN(c1ccc(C(=O)NCc2ccccc2CN2CCCCC2)cc1)S(C)(=O)=O. The van der Waals surface area contributed by atoms with Crippen LogP contribution in [-0.4, -0.2) is 38.6 Å². The lowest BCUT2D eigenvalue weighted by atomic mass is 10.0. The van der Waals surface area contributed by atoms with Crippen LogP contribution in [0.3, 0.4) is 0 Å². The monoisotopic (exact) mass is 505 g/mol. The smallest absolute Gasteiger partial charge is 0.251 e. The van der Waals surface area contributed by atoms with Gasteiger partial charge in [-0.05, 0) is 79.4 Å². The molecule has 0 atom stereocenters. The first-order chi connectivity index (χ1) is 17.3. The van der Waals surface area contributed by atoms with Gasteiger partial charge in [-0.2, -0.15) is 0 Å². The molecule has 3 aromatic rings. The second kappa shape index (κ2) is 11.7. The third-order valence-corrected chi connectivity index (χ3v) is 7.93. The molecule has 0 bridgehead atoms. The predicted octanol–water partition coefficient (Wildman–Crippen LogP) is 4.88. The molecule has 0 saturated carbocycles. The first kappa shape index (κ1) is 25.9. The van der Waals surface area contributed by atoms with Crippen molar-refractivity contribution in [2.45, 2.75) is 45.8 Å². The normalized spacial score (nSPS) is 14.4. The minimum absolute atomic E-state index is 0.181. The lowest BCUT2D eigenvalue weighted by Crippen LogP contribution is -2.30. The molecule has 1 amide bonds. The summed E-state index contributed by atoms with van der Waals surface area (Å²) in [6.45, 7) is 5.82. The largest absolute Gasteiger partial charge is 0.348 e. The lowest BCUT2D eigenvalue weighted by Gasteiger charge is -2.27. The maximum atomic E-state index is 12.9. The number of rotatable bonds is 9. The molecule has 1 aliphatic heterocycles. The molecule has 0 aromatic heterocycles. The van der Waals surface area contributed by atoms with E-state index in [-0.39, 0.29) is 12.5 Å². The molecular formula is C29H35N3O3S. The van der Waals surface area contributed by atoms with E-state index < -0.39 is 10.0 Å². The van der Waals surface area contributed by atoms with Crippen LogP contribution in [0.15, 0.2) is 72.8 Å².